The SMILES string of the molecule is O=C(OCCN1C(=O)c2ccccc2S1(=O)=O)c1ccc(Br)o1. The monoisotopic (exact) mass is 399 g/mol. The van der Waals surface area contributed by atoms with Crippen molar-refractivity contribution in [1.82, 2.24) is 4.31 Å². The minimum absolute atomic E-state index is 0.0178. The van der Waals surface area contributed by atoms with E-state index in [-0.39, 0.29) is 29.4 Å². The highest BCUT2D eigenvalue weighted by atomic mass is 79.9. The molecule has 0 atom stereocenters. The quantitative estimate of drug-likeness (QED) is 0.730. The molecule has 0 fully saturated rings. The van der Waals surface area contributed by atoms with Crippen molar-refractivity contribution in [2.75, 3.05) is 13.2 Å². The largest absolute Gasteiger partial charge is 0.458 e. The van der Waals surface area contributed by atoms with Gasteiger partial charge in [-0.05, 0) is 40.2 Å². The molecule has 1 aliphatic heterocycles. The molecule has 9 heteroatoms. The predicted octanol–water partition coefficient (Wildman–Crippen LogP) is 2.04. The van der Waals surface area contributed by atoms with E-state index in [1.807, 2.05) is 0 Å². The molecule has 23 heavy (non-hydrogen) atoms. The second-order valence-corrected chi connectivity index (χ2v) is 7.23. The molecule has 3 rings (SSSR count). The molecule has 1 aromatic carbocycles. The standard InChI is InChI=1S/C14H10BrNO6S/c15-12-6-5-10(22-12)14(18)21-8-7-16-13(17)9-3-1-2-4-11(9)23(16,19)20/h1-6H,7-8H2. The summed E-state index contributed by atoms with van der Waals surface area (Å²) in [6.07, 6.45) is 0. The van der Waals surface area contributed by atoms with Crippen LogP contribution in [0.25, 0.3) is 0 Å². The van der Waals surface area contributed by atoms with Crippen molar-refractivity contribution in [1.29, 1.82) is 0 Å². The molecule has 120 valence electrons. The molecular formula is C14H10BrNO6S. The zero-order chi connectivity index (χ0) is 16.6. The van der Waals surface area contributed by atoms with E-state index < -0.39 is 21.9 Å². The fraction of sp³-hybridized carbons (Fsp3) is 0.143. The molecule has 0 radical (unpaired) electrons. The smallest absolute Gasteiger partial charge is 0.374 e. The van der Waals surface area contributed by atoms with Gasteiger partial charge in [-0.15, -0.1) is 0 Å². The summed E-state index contributed by atoms with van der Waals surface area (Å²) in [4.78, 5) is 23.8. The lowest BCUT2D eigenvalue weighted by molar-refractivity contribution is 0.0442. The van der Waals surface area contributed by atoms with Gasteiger partial charge in [-0.3, -0.25) is 4.79 Å². The van der Waals surface area contributed by atoms with Crippen molar-refractivity contribution in [3.05, 3.63) is 52.4 Å². The lowest BCUT2D eigenvalue weighted by atomic mass is 10.2. The van der Waals surface area contributed by atoms with Gasteiger partial charge in [0.1, 0.15) is 11.5 Å². The van der Waals surface area contributed by atoms with E-state index >= 15 is 0 Å². The third-order valence-corrected chi connectivity index (χ3v) is 5.48. The van der Waals surface area contributed by atoms with Crippen LogP contribution in [0.1, 0.15) is 20.9 Å². The first-order chi connectivity index (χ1) is 10.9. The number of sulfonamides is 1. The van der Waals surface area contributed by atoms with Gasteiger partial charge in [0.05, 0.1) is 12.1 Å². The Labute approximate surface area is 140 Å². The zero-order valence-corrected chi connectivity index (χ0v) is 14.0. The Morgan fingerprint density at radius 3 is 2.61 bits per heavy atom. The molecule has 2 aromatic rings. The normalized spacial score (nSPS) is 15.5. The van der Waals surface area contributed by atoms with E-state index in [9.17, 15) is 18.0 Å². The van der Waals surface area contributed by atoms with Crippen LogP contribution in [-0.4, -0.2) is 37.8 Å². The number of hydrogen-bond donors (Lipinski definition) is 0. The molecule has 0 saturated heterocycles. The first kappa shape index (κ1) is 15.8. The van der Waals surface area contributed by atoms with Gasteiger partial charge in [0.25, 0.3) is 15.9 Å². The van der Waals surface area contributed by atoms with Crippen LogP contribution >= 0.6 is 15.9 Å². The summed E-state index contributed by atoms with van der Waals surface area (Å²) in [5, 5.41) is 0. The van der Waals surface area contributed by atoms with Crippen molar-refractivity contribution in [2.45, 2.75) is 4.90 Å². The lowest BCUT2D eigenvalue weighted by Gasteiger charge is -2.14. The van der Waals surface area contributed by atoms with Crippen LogP contribution in [0, 0.1) is 0 Å². The molecular weight excluding hydrogens is 390 g/mol. The van der Waals surface area contributed by atoms with E-state index in [1.165, 1.54) is 24.3 Å². The number of rotatable bonds is 4. The molecule has 0 saturated carbocycles. The average Bonchev–Trinajstić information content (AvgIpc) is 3.03. The third-order valence-electron chi connectivity index (χ3n) is 3.21. The Hall–Kier alpha value is -2.13. The van der Waals surface area contributed by atoms with Gasteiger partial charge in [-0.1, -0.05) is 12.1 Å². The van der Waals surface area contributed by atoms with Gasteiger partial charge >= 0.3 is 5.97 Å². The summed E-state index contributed by atoms with van der Waals surface area (Å²) >= 11 is 3.06. The number of ether oxygens (including phenoxy) is 1. The van der Waals surface area contributed by atoms with Gasteiger partial charge in [0.15, 0.2) is 4.67 Å². The molecule has 1 aromatic heterocycles. The second kappa shape index (κ2) is 5.82. The Kier molecular flexibility index (Phi) is 3.99. The van der Waals surface area contributed by atoms with Crippen LogP contribution in [0.15, 0.2) is 50.4 Å². The molecule has 7 nitrogen and oxygen atoms in total. The third kappa shape index (κ3) is 2.77. The summed E-state index contributed by atoms with van der Waals surface area (Å²) in [6.45, 7) is -0.528. The Morgan fingerprint density at radius 1 is 1.22 bits per heavy atom. The molecule has 0 bridgehead atoms. The highest BCUT2D eigenvalue weighted by Gasteiger charge is 2.40. The second-order valence-electron chi connectivity index (χ2n) is 4.62. The van der Waals surface area contributed by atoms with Crippen LogP contribution in [0.4, 0.5) is 0 Å². The van der Waals surface area contributed by atoms with Gasteiger partial charge in [-0.25, -0.2) is 17.5 Å². The molecule has 0 N–H and O–H groups in total. The van der Waals surface area contributed by atoms with E-state index in [0.717, 1.165) is 0 Å². The lowest BCUT2D eigenvalue weighted by Crippen LogP contribution is -2.33. The van der Waals surface area contributed by atoms with Gasteiger partial charge < -0.3 is 9.15 Å². The molecule has 0 spiro atoms. The maximum absolute atomic E-state index is 12.3. The average molecular weight is 400 g/mol. The summed E-state index contributed by atoms with van der Waals surface area (Å²) in [6, 6.07) is 8.89. The minimum atomic E-state index is -3.89. The summed E-state index contributed by atoms with van der Waals surface area (Å²) in [7, 11) is -3.89. The van der Waals surface area contributed by atoms with Gasteiger partial charge in [0, 0.05) is 0 Å². The molecule has 1 amide bonds. The van der Waals surface area contributed by atoms with Crippen LogP contribution in [-0.2, 0) is 14.8 Å². The van der Waals surface area contributed by atoms with Crippen LogP contribution in [0.2, 0.25) is 0 Å². The topological polar surface area (TPSA) is 93.9 Å². The molecule has 0 unspecified atom stereocenters. The first-order valence-corrected chi connectivity index (χ1v) is 8.73. The van der Waals surface area contributed by atoms with Crippen LogP contribution in [0.3, 0.4) is 0 Å². The zero-order valence-electron chi connectivity index (χ0n) is 11.6. The Morgan fingerprint density at radius 2 is 1.96 bits per heavy atom. The van der Waals surface area contributed by atoms with Gasteiger partial charge in [0.2, 0.25) is 5.76 Å². The van der Waals surface area contributed by atoms with Crippen molar-refractivity contribution >= 4 is 37.8 Å². The summed E-state index contributed by atoms with van der Waals surface area (Å²) in [5.41, 5.74) is 0.119. The number of fused-ring (bicyclic) bond motifs is 1. The number of esters is 1. The Balaban J connectivity index is 1.68. The number of nitrogens with zero attached hydrogens (tertiary/aromatic N) is 1. The number of carbonyl (C=O) groups excluding carboxylic acids is 2. The highest BCUT2D eigenvalue weighted by Crippen LogP contribution is 2.29. The van der Waals surface area contributed by atoms with Crippen molar-refractivity contribution in [3.8, 4) is 0 Å². The van der Waals surface area contributed by atoms with Gasteiger partial charge in [-0.2, -0.15) is 0 Å². The van der Waals surface area contributed by atoms with E-state index in [4.69, 9.17) is 9.15 Å². The molecule has 1 aliphatic rings. The Bertz CT molecular complexity index is 888. The van der Waals surface area contributed by atoms with E-state index in [0.29, 0.717) is 8.97 Å². The predicted molar refractivity (Wildman–Crippen MR) is 81.4 cm³/mol. The molecule has 2 heterocycles. The number of carbonyl (C=O) groups is 2. The summed E-state index contributed by atoms with van der Waals surface area (Å²) in [5.74, 6) is -1.38. The van der Waals surface area contributed by atoms with E-state index in [1.54, 1.807) is 12.1 Å². The molecule has 0 aliphatic carbocycles. The fourth-order valence-corrected chi connectivity index (χ4v) is 4.03. The number of halogens is 1. The minimum Gasteiger partial charge on any atom is -0.458 e. The summed E-state index contributed by atoms with van der Waals surface area (Å²) < 4.78 is 35.6. The van der Waals surface area contributed by atoms with Crippen LogP contribution in [0.5, 0.6) is 0 Å². The van der Waals surface area contributed by atoms with Crippen LogP contribution < -0.4 is 0 Å². The number of benzene rings is 1. The first-order valence-electron chi connectivity index (χ1n) is 6.50. The highest BCUT2D eigenvalue weighted by molar-refractivity contribution is 9.10. The fourth-order valence-electron chi connectivity index (χ4n) is 2.17. The number of amides is 1. The van der Waals surface area contributed by atoms with Crippen molar-refractivity contribution < 1.29 is 27.2 Å². The maximum atomic E-state index is 12.3. The van der Waals surface area contributed by atoms with E-state index in [2.05, 4.69) is 15.9 Å². The van der Waals surface area contributed by atoms with Crippen molar-refractivity contribution in [2.24, 2.45) is 0 Å². The number of hydrogen-bond acceptors (Lipinski definition) is 6. The maximum Gasteiger partial charge on any atom is 0.374 e. The number of furan rings is 1. The van der Waals surface area contributed by atoms with Crippen molar-refractivity contribution in [3.63, 3.8) is 0 Å².